The quantitative estimate of drug-likeness (QED) is 0.117. The van der Waals surface area contributed by atoms with Gasteiger partial charge in [-0.1, -0.05) is 30.0 Å². The first-order valence-corrected chi connectivity index (χ1v) is 19.1. The van der Waals surface area contributed by atoms with Crippen molar-refractivity contribution in [1.29, 1.82) is 0 Å². The molecule has 3 aromatic rings. The molecule has 0 saturated carbocycles. The average molecular weight is 792 g/mol. The number of carbonyl (C=O) groups is 2. The minimum absolute atomic E-state index is 0.0398. The monoisotopic (exact) mass is 791 g/mol. The van der Waals surface area contributed by atoms with E-state index in [2.05, 4.69) is 17.2 Å². The van der Waals surface area contributed by atoms with E-state index in [1.54, 1.807) is 49.9 Å². The number of phenolic OH excluding ortho intramolecular Hbond substituents is 1. The number of fused-ring (bicyclic) bond motifs is 1. The van der Waals surface area contributed by atoms with Crippen molar-refractivity contribution in [2.45, 2.75) is 84.2 Å². The van der Waals surface area contributed by atoms with E-state index in [0.717, 1.165) is 11.3 Å². The molecule has 1 aliphatic heterocycles. The molecule has 0 radical (unpaired) electrons. The van der Waals surface area contributed by atoms with Gasteiger partial charge in [-0.3, -0.25) is 4.90 Å². The lowest BCUT2D eigenvalue weighted by Gasteiger charge is -2.40. The maximum atomic E-state index is 14.0. The summed E-state index contributed by atoms with van der Waals surface area (Å²) in [5.41, 5.74) is -0.496. The summed E-state index contributed by atoms with van der Waals surface area (Å²) in [4.78, 5) is 29.3. The minimum atomic E-state index is -4.51. The number of nitrogens with one attached hydrogen (secondary N) is 1. The lowest BCUT2D eigenvalue weighted by molar-refractivity contribution is -0.127. The number of halogens is 3. The van der Waals surface area contributed by atoms with Gasteiger partial charge >= 0.3 is 18.4 Å². The van der Waals surface area contributed by atoms with Gasteiger partial charge in [-0.15, -0.1) is 11.3 Å². The molecule has 302 valence electrons. The fraction of sp³-hybridized carbons (Fsp3) is 0.550. The van der Waals surface area contributed by atoms with Crippen molar-refractivity contribution >= 4 is 45.0 Å². The van der Waals surface area contributed by atoms with Crippen LogP contribution in [0.15, 0.2) is 42.5 Å². The third kappa shape index (κ3) is 13.8. The highest BCUT2D eigenvalue weighted by atomic mass is 32.1. The number of aliphatic hydroxyl groups excluding tert-OH is 1. The maximum Gasteiger partial charge on any atom is 0.415 e. The van der Waals surface area contributed by atoms with E-state index in [4.69, 9.17) is 24.1 Å². The summed E-state index contributed by atoms with van der Waals surface area (Å²) < 4.78 is 65.0. The second-order valence-corrected chi connectivity index (χ2v) is 16.3. The Labute approximate surface area is 324 Å². The van der Waals surface area contributed by atoms with E-state index in [9.17, 15) is 27.9 Å². The van der Waals surface area contributed by atoms with E-state index in [0.29, 0.717) is 67.2 Å². The van der Waals surface area contributed by atoms with Crippen molar-refractivity contribution in [2.24, 2.45) is 5.92 Å². The average Bonchev–Trinajstić information content (AvgIpc) is 3.41. The topological polar surface area (TPSA) is 130 Å². The molecule has 0 spiro atoms. The zero-order chi connectivity index (χ0) is 40.4. The number of amides is 2. The van der Waals surface area contributed by atoms with Crippen LogP contribution < -0.4 is 10.2 Å². The van der Waals surface area contributed by atoms with Crippen molar-refractivity contribution in [1.82, 2.24) is 4.90 Å². The van der Waals surface area contributed by atoms with Crippen molar-refractivity contribution in [3.63, 3.8) is 0 Å². The summed E-state index contributed by atoms with van der Waals surface area (Å²) in [6.45, 7) is 12.3. The summed E-state index contributed by atoms with van der Waals surface area (Å²) in [5, 5.41) is 23.0. The Morgan fingerprint density at radius 2 is 1.67 bits per heavy atom. The molecule has 2 unspecified atom stereocenters. The smallest absolute Gasteiger partial charge is 0.415 e. The molecule has 2 heterocycles. The molecular formula is C40H52F3N3O8S. The van der Waals surface area contributed by atoms with E-state index < -0.39 is 36.0 Å². The van der Waals surface area contributed by atoms with Gasteiger partial charge in [0.25, 0.3) is 0 Å². The number of likely N-dealkylation sites (tertiary alicyclic amines) is 1. The zero-order valence-corrected chi connectivity index (χ0v) is 33.1. The van der Waals surface area contributed by atoms with Crippen LogP contribution in [0.25, 0.3) is 10.1 Å². The SMILES string of the molecule is CC(C)(C)OC(=O)N1CCC(Nc2cccc3c(CC(F)(F)F)c(C#CCN(C(=O)OC(C)(C)C)c4cccc(O)c4)sc23)C(CCOCCOCCO)C1. The number of carbonyl (C=O) groups excluding carboxylic acids is 2. The molecule has 1 aliphatic rings. The predicted molar refractivity (Wildman–Crippen MR) is 207 cm³/mol. The van der Waals surface area contributed by atoms with Crippen LogP contribution in [0.4, 0.5) is 34.1 Å². The van der Waals surface area contributed by atoms with Crippen LogP contribution in [0.5, 0.6) is 5.75 Å². The number of nitrogens with zero attached hydrogens (tertiary/aromatic N) is 2. The lowest BCUT2D eigenvalue weighted by Crippen LogP contribution is -2.50. The highest BCUT2D eigenvalue weighted by molar-refractivity contribution is 7.20. The van der Waals surface area contributed by atoms with Crippen molar-refractivity contribution in [3.8, 4) is 17.6 Å². The number of aromatic hydroxyl groups is 1. The van der Waals surface area contributed by atoms with E-state index in [1.807, 2.05) is 26.8 Å². The van der Waals surface area contributed by atoms with Crippen LogP contribution in [-0.2, 0) is 25.4 Å². The van der Waals surface area contributed by atoms with Gasteiger partial charge < -0.3 is 39.4 Å². The van der Waals surface area contributed by atoms with Crippen LogP contribution in [0, 0.1) is 17.8 Å². The Morgan fingerprint density at radius 1 is 0.982 bits per heavy atom. The van der Waals surface area contributed by atoms with Gasteiger partial charge in [0, 0.05) is 31.8 Å². The van der Waals surface area contributed by atoms with Gasteiger partial charge in [-0.2, -0.15) is 13.2 Å². The molecular weight excluding hydrogens is 740 g/mol. The molecule has 1 aromatic heterocycles. The third-order valence-electron chi connectivity index (χ3n) is 8.36. The van der Waals surface area contributed by atoms with Crippen molar-refractivity contribution in [3.05, 3.63) is 52.9 Å². The second-order valence-electron chi connectivity index (χ2n) is 15.2. The number of alkyl halides is 3. The number of anilines is 2. The number of benzene rings is 2. The van der Waals surface area contributed by atoms with Crippen LogP contribution in [0.2, 0.25) is 0 Å². The molecule has 0 bridgehead atoms. The van der Waals surface area contributed by atoms with Crippen LogP contribution >= 0.6 is 11.3 Å². The second kappa shape index (κ2) is 19.1. The number of thiophene rings is 1. The number of aliphatic hydroxyl groups is 1. The summed E-state index contributed by atoms with van der Waals surface area (Å²) in [6, 6.07) is 11.0. The van der Waals surface area contributed by atoms with Crippen molar-refractivity contribution < 1.29 is 51.9 Å². The molecule has 2 amide bonds. The van der Waals surface area contributed by atoms with Gasteiger partial charge in [0.15, 0.2) is 0 Å². The molecule has 2 atom stereocenters. The maximum absolute atomic E-state index is 14.0. The normalized spacial score (nSPS) is 16.4. The summed E-state index contributed by atoms with van der Waals surface area (Å²) in [7, 11) is 0. The van der Waals surface area contributed by atoms with Crippen LogP contribution in [-0.4, -0.2) is 103 Å². The van der Waals surface area contributed by atoms with Gasteiger partial charge in [-0.25, -0.2) is 9.59 Å². The van der Waals surface area contributed by atoms with Crippen molar-refractivity contribution in [2.75, 3.05) is 62.9 Å². The zero-order valence-electron chi connectivity index (χ0n) is 32.3. The Morgan fingerprint density at radius 3 is 2.33 bits per heavy atom. The fourth-order valence-electron chi connectivity index (χ4n) is 6.03. The molecule has 0 aliphatic carbocycles. The molecule has 55 heavy (non-hydrogen) atoms. The van der Waals surface area contributed by atoms with Crippen LogP contribution in [0.3, 0.4) is 0 Å². The Balaban J connectivity index is 1.63. The number of hydrogen-bond acceptors (Lipinski definition) is 10. The first-order chi connectivity index (χ1) is 25.8. The molecule has 11 nitrogen and oxygen atoms in total. The highest BCUT2D eigenvalue weighted by Crippen LogP contribution is 2.40. The molecule has 1 saturated heterocycles. The largest absolute Gasteiger partial charge is 0.508 e. The molecule has 2 aromatic carbocycles. The van der Waals surface area contributed by atoms with Gasteiger partial charge in [0.1, 0.15) is 17.0 Å². The van der Waals surface area contributed by atoms with E-state index in [-0.39, 0.29) is 47.9 Å². The first kappa shape index (κ1) is 43.5. The van der Waals surface area contributed by atoms with Crippen LogP contribution in [0.1, 0.15) is 64.8 Å². The minimum Gasteiger partial charge on any atom is -0.508 e. The standard InChI is InChI=1S/C40H52F3N3O8S/c1-38(2,3)53-36(49)45-18-15-32(27(26-45)16-20-51-22-23-52-21-19-47)44-33-13-8-12-30-31(25-40(41,42)43)34(55-35(30)33)14-9-17-46(37(50)54-39(4,5)6)28-10-7-11-29(48)24-28/h7-8,10-13,24,27,32,44,47-48H,15-23,25-26H2,1-6H3. The summed E-state index contributed by atoms with van der Waals surface area (Å²) >= 11 is 1.14. The predicted octanol–water partition coefficient (Wildman–Crippen LogP) is 7.96. The number of piperidine rings is 1. The summed E-state index contributed by atoms with van der Waals surface area (Å²) in [6.07, 6.45) is -5.70. The number of rotatable bonds is 13. The van der Waals surface area contributed by atoms with E-state index in [1.165, 1.54) is 17.0 Å². The lowest BCUT2D eigenvalue weighted by atomic mass is 9.89. The Hall–Kier alpha value is -4.23. The van der Waals surface area contributed by atoms with Gasteiger partial charge in [0.05, 0.1) is 60.3 Å². The molecule has 4 rings (SSSR count). The number of ether oxygens (including phenoxy) is 4. The van der Waals surface area contributed by atoms with Gasteiger partial charge in [0.2, 0.25) is 0 Å². The van der Waals surface area contributed by atoms with Gasteiger partial charge in [-0.05, 0) is 89.5 Å². The highest BCUT2D eigenvalue weighted by Gasteiger charge is 2.35. The molecule has 1 fully saturated rings. The number of phenols is 1. The van der Waals surface area contributed by atoms with E-state index >= 15 is 0 Å². The Kier molecular flexibility index (Phi) is 15.1. The molecule has 15 heteroatoms. The molecule has 3 N–H and O–H groups in total. The third-order valence-corrected chi connectivity index (χ3v) is 9.55. The summed E-state index contributed by atoms with van der Waals surface area (Å²) in [5.74, 6) is 5.64. The first-order valence-electron chi connectivity index (χ1n) is 18.2. The number of hydrogen-bond donors (Lipinski definition) is 3. The Bertz CT molecular complexity index is 1810. The fourth-order valence-corrected chi connectivity index (χ4v) is 7.20.